The highest BCUT2D eigenvalue weighted by atomic mass is 16.4. The Morgan fingerprint density at radius 3 is 1.95 bits per heavy atom. The summed E-state index contributed by atoms with van der Waals surface area (Å²) in [5.41, 5.74) is 1.54. The molecule has 1 saturated heterocycles. The average Bonchev–Trinajstić information content (AvgIpc) is 3.50. The lowest BCUT2D eigenvalue weighted by molar-refractivity contribution is -0.146. The summed E-state index contributed by atoms with van der Waals surface area (Å²) >= 11 is 0. The van der Waals surface area contributed by atoms with Crippen molar-refractivity contribution in [2.45, 2.75) is 82.0 Å². The van der Waals surface area contributed by atoms with E-state index in [1.165, 1.54) is 0 Å². The van der Waals surface area contributed by atoms with Crippen molar-refractivity contribution >= 4 is 23.7 Å². The van der Waals surface area contributed by atoms with Gasteiger partial charge in [0.2, 0.25) is 17.7 Å². The van der Waals surface area contributed by atoms with Crippen LogP contribution in [0.25, 0.3) is 0 Å². The predicted octanol–water partition coefficient (Wildman–Crippen LogP) is 3.05. The summed E-state index contributed by atoms with van der Waals surface area (Å²) in [5.74, 6) is -2.78. The van der Waals surface area contributed by atoms with Crippen LogP contribution in [-0.4, -0.2) is 71.5 Å². The number of rotatable bonds is 11. The van der Waals surface area contributed by atoms with Crippen molar-refractivity contribution in [2.24, 2.45) is 5.92 Å². The number of benzene rings is 2. The molecule has 9 nitrogen and oxygen atoms in total. The van der Waals surface area contributed by atoms with E-state index in [0.717, 1.165) is 43.2 Å². The molecule has 220 valence electrons. The van der Waals surface area contributed by atoms with E-state index in [0.29, 0.717) is 19.4 Å². The molecule has 2 aliphatic rings. The molecule has 0 spiro atoms. The molecule has 1 aliphatic carbocycles. The van der Waals surface area contributed by atoms with Crippen molar-refractivity contribution < 1.29 is 24.3 Å². The Balaban J connectivity index is 1.57. The second kappa shape index (κ2) is 14.3. The van der Waals surface area contributed by atoms with E-state index < -0.39 is 42.0 Å². The Bertz CT molecular complexity index is 1150. The van der Waals surface area contributed by atoms with Crippen molar-refractivity contribution in [1.82, 2.24) is 20.9 Å². The number of aliphatic carboxylic acids is 1. The number of carboxylic acids is 1. The molecule has 0 bridgehead atoms. The Labute approximate surface area is 242 Å². The molecular weight excluding hydrogens is 520 g/mol. The van der Waals surface area contributed by atoms with Gasteiger partial charge in [-0.2, -0.15) is 0 Å². The molecule has 0 unspecified atom stereocenters. The molecule has 1 saturated carbocycles. The number of nitrogens with zero attached hydrogens (tertiary/aromatic N) is 1. The number of hydrogen-bond donors (Lipinski definition) is 4. The third kappa shape index (κ3) is 7.33. The Morgan fingerprint density at radius 2 is 1.41 bits per heavy atom. The molecule has 4 N–H and O–H groups in total. The van der Waals surface area contributed by atoms with Crippen molar-refractivity contribution in [1.29, 1.82) is 0 Å². The SMILES string of the molecule is CN[C@@H](C)C(=O)N[C@H](C(=O)N1CCC[C@H]1C(=O)N[C@H](C(=O)O)C(c1ccccc1)c1ccccc1)C1CCCCC1. The van der Waals surface area contributed by atoms with E-state index in [1.54, 1.807) is 18.9 Å². The lowest BCUT2D eigenvalue weighted by Gasteiger charge is -2.35. The van der Waals surface area contributed by atoms with E-state index in [1.807, 2.05) is 60.7 Å². The third-order valence-electron chi connectivity index (χ3n) is 8.56. The number of carbonyl (C=O) groups excluding carboxylic acids is 3. The first-order valence-corrected chi connectivity index (χ1v) is 14.7. The smallest absolute Gasteiger partial charge is 0.327 e. The van der Waals surface area contributed by atoms with Crippen LogP contribution in [0.5, 0.6) is 0 Å². The monoisotopic (exact) mass is 562 g/mol. The maximum absolute atomic E-state index is 14.0. The summed E-state index contributed by atoms with van der Waals surface area (Å²) in [6.07, 6.45) is 5.84. The zero-order valence-corrected chi connectivity index (χ0v) is 23.9. The molecule has 2 aromatic rings. The fourth-order valence-electron chi connectivity index (χ4n) is 6.18. The lowest BCUT2D eigenvalue weighted by Crippen LogP contribution is -2.59. The zero-order valence-electron chi connectivity index (χ0n) is 23.9. The standard InChI is InChI=1S/C32H42N4O5/c1-21(33-2)29(37)34-27(24-17-10-5-11-18-24)31(39)36-20-12-19-25(36)30(38)35-28(32(40)41)26(22-13-6-3-7-14-22)23-15-8-4-9-16-23/h3-4,6-9,13-16,21,24-28,33H,5,10-12,17-20H2,1-2H3,(H,34,37)(H,35,38)(H,40,41)/t21-,25-,27-,28-/m0/s1. The first-order chi connectivity index (χ1) is 19.8. The highest BCUT2D eigenvalue weighted by molar-refractivity contribution is 5.95. The Hall–Kier alpha value is -3.72. The minimum absolute atomic E-state index is 0.000812. The lowest BCUT2D eigenvalue weighted by atomic mass is 9.83. The van der Waals surface area contributed by atoms with Gasteiger partial charge in [-0.3, -0.25) is 14.4 Å². The molecule has 1 heterocycles. The molecule has 1 aliphatic heterocycles. The molecule has 4 rings (SSSR count). The van der Waals surface area contributed by atoms with Gasteiger partial charge in [-0.05, 0) is 56.7 Å². The topological polar surface area (TPSA) is 128 Å². The minimum atomic E-state index is -1.24. The van der Waals surface area contributed by atoms with Crippen LogP contribution in [0.1, 0.15) is 68.9 Å². The molecule has 2 aromatic carbocycles. The number of nitrogens with one attached hydrogen (secondary N) is 3. The van der Waals surface area contributed by atoms with Gasteiger partial charge in [0.1, 0.15) is 18.1 Å². The third-order valence-corrected chi connectivity index (χ3v) is 8.56. The number of likely N-dealkylation sites (N-methyl/N-ethyl adjacent to an activating group) is 1. The molecule has 3 amide bonds. The summed E-state index contributed by atoms with van der Waals surface area (Å²) in [5, 5.41) is 19.0. The fourth-order valence-corrected chi connectivity index (χ4v) is 6.18. The number of hydrogen-bond acceptors (Lipinski definition) is 5. The van der Waals surface area contributed by atoms with Gasteiger partial charge in [0.15, 0.2) is 0 Å². The van der Waals surface area contributed by atoms with Crippen LogP contribution in [0, 0.1) is 5.92 Å². The van der Waals surface area contributed by atoms with Crippen LogP contribution in [-0.2, 0) is 19.2 Å². The minimum Gasteiger partial charge on any atom is -0.480 e. The van der Waals surface area contributed by atoms with E-state index >= 15 is 0 Å². The first-order valence-electron chi connectivity index (χ1n) is 14.7. The molecule has 41 heavy (non-hydrogen) atoms. The Morgan fingerprint density at radius 1 is 0.829 bits per heavy atom. The molecule has 9 heteroatoms. The highest BCUT2D eigenvalue weighted by Crippen LogP contribution is 2.31. The van der Waals surface area contributed by atoms with E-state index in [-0.39, 0.29) is 17.7 Å². The highest BCUT2D eigenvalue weighted by Gasteiger charge is 2.42. The molecule has 4 atom stereocenters. The van der Waals surface area contributed by atoms with Crippen LogP contribution in [0.4, 0.5) is 0 Å². The second-order valence-electron chi connectivity index (χ2n) is 11.2. The van der Waals surface area contributed by atoms with Gasteiger partial charge in [-0.1, -0.05) is 79.9 Å². The number of likely N-dealkylation sites (tertiary alicyclic amines) is 1. The number of amides is 3. The van der Waals surface area contributed by atoms with Crippen LogP contribution in [0.15, 0.2) is 60.7 Å². The fraction of sp³-hybridized carbons (Fsp3) is 0.500. The van der Waals surface area contributed by atoms with E-state index in [9.17, 15) is 24.3 Å². The zero-order chi connectivity index (χ0) is 29.4. The van der Waals surface area contributed by atoms with Crippen LogP contribution >= 0.6 is 0 Å². The largest absolute Gasteiger partial charge is 0.480 e. The van der Waals surface area contributed by atoms with Crippen molar-refractivity contribution in [3.63, 3.8) is 0 Å². The predicted molar refractivity (Wildman–Crippen MR) is 156 cm³/mol. The second-order valence-corrected chi connectivity index (χ2v) is 11.2. The van der Waals surface area contributed by atoms with Crippen molar-refractivity contribution in [2.75, 3.05) is 13.6 Å². The van der Waals surface area contributed by atoms with Gasteiger partial charge in [0, 0.05) is 12.5 Å². The van der Waals surface area contributed by atoms with Crippen LogP contribution < -0.4 is 16.0 Å². The number of carbonyl (C=O) groups is 4. The van der Waals surface area contributed by atoms with Crippen LogP contribution in [0.2, 0.25) is 0 Å². The summed E-state index contributed by atoms with van der Waals surface area (Å²) < 4.78 is 0. The summed E-state index contributed by atoms with van der Waals surface area (Å²) in [4.78, 5) is 54.8. The van der Waals surface area contributed by atoms with Gasteiger partial charge < -0.3 is 26.0 Å². The van der Waals surface area contributed by atoms with Crippen LogP contribution in [0.3, 0.4) is 0 Å². The molecule has 0 aromatic heterocycles. The molecular formula is C32H42N4O5. The first kappa shape index (κ1) is 30.2. The van der Waals surface area contributed by atoms with Gasteiger partial charge in [0.05, 0.1) is 6.04 Å². The Kier molecular flexibility index (Phi) is 10.5. The maximum Gasteiger partial charge on any atom is 0.327 e. The van der Waals surface area contributed by atoms with Crippen molar-refractivity contribution in [3.05, 3.63) is 71.8 Å². The summed E-state index contributed by atoms with van der Waals surface area (Å²) in [6.45, 7) is 2.13. The quantitative estimate of drug-likeness (QED) is 0.333. The normalized spacial score (nSPS) is 19.8. The molecule has 0 radical (unpaired) electrons. The molecule has 2 fully saturated rings. The summed E-state index contributed by atoms with van der Waals surface area (Å²) in [7, 11) is 1.69. The van der Waals surface area contributed by atoms with Crippen molar-refractivity contribution in [3.8, 4) is 0 Å². The van der Waals surface area contributed by atoms with Gasteiger partial charge in [-0.15, -0.1) is 0 Å². The summed E-state index contributed by atoms with van der Waals surface area (Å²) in [6, 6.07) is 15.3. The van der Waals surface area contributed by atoms with E-state index in [2.05, 4.69) is 16.0 Å². The van der Waals surface area contributed by atoms with Gasteiger partial charge >= 0.3 is 5.97 Å². The number of carboxylic acid groups (broad SMARTS) is 1. The van der Waals surface area contributed by atoms with Gasteiger partial charge in [0.25, 0.3) is 0 Å². The maximum atomic E-state index is 14.0. The van der Waals surface area contributed by atoms with Gasteiger partial charge in [-0.25, -0.2) is 4.79 Å². The van der Waals surface area contributed by atoms with E-state index in [4.69, 9.17) is 0 Å². The average molecular weight is 563 g/mol.